The highest BCUT2D eigenvalue weighted by atomic mass is 16.6. The number of hydrogen-bond acceptors (Lipinski definition) is 3. The SMILES string of the molecule is CN(CC#N)C(=O)Oc1cccc2c1CCCC2. The second-order valence-corrected chi connectivity index (χ2v) is 4.48. The minimum atomic E-state index is -0.476. The maximum absolute atomic E-state index is 11.7. The Hall–Kier alpha value is -2.02. The van der Waals surface area contributed by atoms with Gasteiger partial charge in [0.2, 0.25) is 0 Å². The smallest absolute Gasteiger partial charge is 0.410 e. The van der Waals surface area contributed by atoms with Crippen molar-refractivity contribution in [2.24, 2.45) is 0 Å². The van der Waals surface area contributed by atoms with Gasteiger partial charge in [0.1, 0.15) is 12.3 Å². The Morgan fingerprint density at radius 1 is 1.44 bits per heavy atom. The minimum absolute atomic E-state index is 0.0356. The zero-order valence-corrected chi connectivity index (χ0v) is 10.5. The summed E-state index contributed by atoms with van der Waals surface area (Å²) in [6.07, 6.45) is 3.86. The fourth-order valence-electron chi connectivity index (χ4n) is 2.18. The van der Waals surface area contributed by atoms with Crippen molar-refractivity contribution in [3.05, 3.63) is 29.3 Å². The molecule has 0 aliphatic heterocycles. The van der Waals surface area contributed by atoms with Crippen molar-refractivity contribution in [2.45, 2.75) is 25.7 Å². The van der Waals surface area contributed by atoms with Crippen LogP contribution in [-0.2, 0) is 12.8 Å². The number of fused-ring (bicyclic) bond motifs is 1. The lowest BCUT2D eigenvalue weighted by atomic mass is 9.91. The first-order valence-corrected chi connectivity index (χ1v) is 6.13. The van der Waals surface area contributed by atoms with Gasteiger partial charge in [0.15, 0.2) is 0 Å². The van der Waals surface area contributed by atoms with Gasteiger partial charge in [-0.15, -0.1) is 0 Å². The Kier molecular flexibility index (Phi) is 3.83. The summed E-state index contributed by atoms with van der Waals surface area (Å²) in [5.74, 6) is 0.641. The van der Waals surface area contributed by atoms with Gasteiger partial charge in [-0.1, -0.05) is 12.1 Å². The molecule has 0 fully saturated rings. The molecule has 0 atom stereocenters. The van der Waals surface area contributed by atoms with Crippen LogP contribution in [0.2, 0.25) is 0 Å². The van der Waals surface area contributed by atoms with Crippen LogP contribution in [0.5, 0.6) is 5.75 Å². The van der Waals surface area contributed by atoms with E-state index in [1.165, 1.54) is 16.9 Å². The molecule has 1 aromatic carbocycles. The van der Waals surface area contributed by atoms with Gasteiger partial charge in [0, 0.05) is 7.05 Å². The zero-order chi connectivity index (χ0) is 13.0. The van der Waals surface area contributed by atoms with Crippen LogP contribution >= 0.6 is 0 Å². The number of aryl methyl sites for hydroxylation is 1. The molecular weight excluding hydrogens is 228 g/mol. The van der Waals surface area contributed by atoms with Crippen LogP contribution in [0.15, 0.2) is 18.2 Å². The molecule has 0 spiro atoms. The van der Waals surface area contributed by atoms with Gasteiger partial charge >= 0.3 is 6.09 Å². The molecule has 0 saturated heterocycles. The third-order valence-electron chi connectivity index (χ3n) is 3.17. The zero-order valence-electron chi connectivity index (χ0n) is 10.5. The molecule has 4 nitrogen and oxygen atoms in total. The summed E-state index contributed by atoms with van der Waals surface area (Å²) >= 11 is 0. The van der Waals surface area contributed by atoms with Crippen molar-refractivity contribution in [3.63, 3.8) is 0 Å². The number of nitrogens with zero attached hydrogens (tertiary/aromatic N) is 2. The van der Waals surface area contributed by atoms with Gasteiger partial charge < -0.3 is 4.74 Å². The molecule has 0 saturated carbocycles. The standard InChI is InChI=1S/C14H16N2O2/c1-16(10-9-15)14(17)18-13-8-4-6-11-5-2-3-7-12(11)13/h4,6,8H,2-3,5,7,10H2,1H3. The summed E-state index contributed by atoms with van der Waals surface area (Å²) in [6.45, 7) is 0.0356. The van der Waals surface area contributed by atoms with Crippen LogP contribution in [0.25, 0.3) is 0 Å². The largest absolute Gasteiger partial charge is 0.415 e. The Morgan fingerprint density at radius 2 is 2.22 bits per heavy atom. The van der Waals surface area contributed by atoms with Crippen LogP contribution in [0.4, 0.5) is 4.79 Å². The van der Waals surface area contributed by atoms with Crippen molar-refractivity contribution < 1.29 is 9.53 Å². The van der Waals surface area contributed by atoms with E-state index in [-0.39, 0.29) is 6.54 Å². The summed E-state index contributed by atoms with van der Waals surface area (Å²) < 4.78 is 5.36. The quantitative estimate of drug-likeness (QED) is 0.751. The number of carbonyl (C=O) groups is 1. The summed E-state index contributed by atoms with van der Waals surface area (Å²) in [5, 5.41) is 8.54. The maximum Gasteiger partial charge on any atom is 0.415 e. The number of ether oxygens (including phenoxy) is 1. The van der Waals surface area contributed by atoms with Gasteiger partial charge in [-0.2, -0.15) is 5.26 Å². The average Bonchev–Trinajstić information content (AvgIpc) is 2.39. The predicted molar refractivity (Wildman–Crippen MR) is 67.4 cm³/mol. The second-order valence-electron chi connectivity index (χ2n) is 4.48. The predicted octanol–water partition coefficient (Wildman–Crippen LogP) is 2.52. The van der Waals surface area contributed by atoms with E-state index in [1.807, 2.05) is 18.2 Å². The van der Waals surface area contributed by atoms with E-state index in [2.05, 4.69) is 6.07 Å². The van der Waals surface area contributed by atoms with E-state index in [0.717, 1.165) is 24.8 Å². The summed E-state index contributed by atoms with van der Waals surface area (Å²) in [6, 6.07) is 7.75. The number of hydrogen-bond donors (Lipinski definition) is 0. The van der Waals surface area contributed by atoms with Crippen molar-refractivity contribution in [1.82, 2.24) is 4.90 Å². The van der Waals surface area contributed by atoms with Crippen LogP contribution in [-0.4, -0.2) is 24.6 Å². The lowest BCUT2D eigenvalue weighted by Gasteiger charge is -2.20. The fourth-order valence-corrected chi connectivity index (χ4v) is 2.18. The summed E-state index contributed by atoms with van der Waals surface area (Å²) in [5.41, 5.74) is 2.41. The molecule has 0 heterocycles. The van der Waals surface area contributed by atoms with E-state index in [4.69, 9.17) is 10.00 Å². The minimum Gasteiger partial charge on any atom is -0.410 e. The number of benzene rings is 1. The van der Waals surface area contributed by atoms with Crippen molar-refractivity contribution in [2.75, 3.05) is 13.6 Å². The van der Waals surface area contributed by atoms with Crippen LogP contribution < -0.4 is 4.74 Å². The molecule has 18 heavy (non-hydrogen) atoms. The highest BCUT2D eigenvalue weighted by Crippen LogP contribution is 2.29. The average molecular weight is 244 g/mol. The van der Waals surface area contributed by atoms with Crippen LogP contribution in [0.1, 0.15) is 24.0 Å². The van der Waals surface area contributed by atoms with Gasteiger partial charge in [-0.3, -0.25) is 4.90 Å². The fraction of sp³-hybridized carbons (Fsp3) is 0.429. The molecule has 4 heteroatoms. The van der Waals surface area contributed by atoms with E-state index in [9.17, 15) is 4.79 Å². The molecule has 0 unspecified atom stereocenters. The Balaban J connectivity index is 2.15. The highest BCUT2D eigenvalue weighted by Gasteiger charge is 2.17. The molecule has 0 radical (unpaired) electrons. The first-order chi connectivity index (χ1) is 8.72. The van der Waals surface area contributed by atoms with Gasteiger partial charge in [0.05, 0.1) is 6.07 Å². The van der Waals surface area contributed by atoms with Gasteiger partial charge in [-0.25, -0.2) is 4.79 Å². The first-order valence-electron chi connectivity index (χ1n) is 6.13. The molecule has 94 valence electrons. The molecule has 0 aromatic heterocycles. The molecular formula is C14H16N2O2. The number of carbonyl (C=O) groups excluding carboxylic acids is 1. The first kappa shape index (κ1) is 12.4. The molecule has 0 N–H and O–H groups in total. The lowest BCUT2D eigenvalue weighted by molar-refractivity contribution is 0.167. The van der Waals surface area contributed by atoms with Gasteiger partial charge in [0.25, 0.3) is 0 Å². The second kappa shape index (κ2) is 5.54. The molecule has 1 amide bonds. The third kappa shape index (κ3) is 2.62. The van der Waals surface area contributed by atoms with Crippen LogP contribution in [0, 0.1) is 11.3 Å². The molecule has 0 bridgehead atoms. The molecule has 2 rings (SSSR count). The number of amides is 1. The number of rotatable bonds is 2. The Morgan fingerprint density at radius 3 is 3.00 bits per heavy atom. The summed E-state index contributed by atoms with van der Waals surface area (Å²) in [4.78, 5) is 13.0. The Bertz CT molecular complexity index is 491. The number of nitriles is 1. The Labute approximate surface area is 107 Å². The monoisotopic (exact) mass is 244 g/mol. The third-order valence-corrected chi connectivity index (χ3v) is 3.17. The van der Waals surface area contributed by atoms with E-state index >= 15 is 0 Å². The normalized spacial score (nSPS) is 13.3. The van der Waals surface area contributed by atoms with Gasteiger partial charge in [-0.05, 0) is 42.9 Å². The highest BCUT2D eigenvalue weighted by molar-refractivity contribution is 5.71. The molecule has 1 aromatic rings. The van der Waals surface area contributed by atoms with Crippen molar-refractivity contribution in [3.8, 4) is 11.8 Å². The molecule has 1 aliphatic carbocycles. The lowest BCUT2D eigenvalue weighted by Crippen LogP contribution is -2.30. The van der Waals surface area contributed by atoms with E-state index < -0.39 is 6.09 Å². The topological polar surface area (TPSA) is 53.3 Å². The van der Waals surface area contributed by atoms with E-state index in [1.54, 1.807) is 7.05 Å². The van der Waals surface area contributed by atoms with Crippen molar-refractivity contribution >= 4 is 6.09 Å². The van der Waals surface area contributed by atoms with Crippen LogP contribution in [0.3, 0.4) is 0 Å². The summed E-state index contributed by atoms with van der Waals surface area (Å²) in [7, 11) is 1.56. The van der Waals surface area contributed by atoms with E-state index in [0.29, 0.717) is 5.75 Å². The van der Waals surface area contributed by atoms with Crippen molar-refractivity contribution in [1.29, 1.82) is 5.26 Å². The maximum atomic E-state index is 11.7. The molecule has 1 aliphatic rings.